The number of hydrogen-bond donors (Lipinski definition) is 0. The minimum atomic E-state index is -3.66. The van der Waals surface area contributed by atoms with Crippen LogP contribution in [0.4, 0.5) is 5.69 Å². The second-order valence-corrected chi connectivity index (χ2v) is 8.32. The third-order valence-electron chi connectivity index (χ3n) is 3.65. The van der Waals surface area contributed by atoms with E-state index in [0.29, 0.717) is 10.0 Å². The van der Waals surface area contributed by atoms with Gasteiger partial charge in [-0.05, 0) is 37.1 Å². The molecule has 0 aromatic heterocycles. The van der Waals surface area contributed by atoms with Crippen LogP contribution in [0.5, 0.6) is 0 Å². The fraction of sp³-hybridized carbons (Fsp3) is 0.176. The molecule has 24 heavy (non-hydrogen) atoms. The monoisotopic (exact) mass is 409 g/mol. The molecule has 126 valence electrons. The normalized spacial score (nSPS) is 12.6. The summed E-state index contributed by atoms with van der Waals surface area (Å²) in [7, 11) is -3.66. The number of aryl methyl sites for hydroxylation is 1. The molecule has 1 atom stereocenters. The van der Waals surface area contributed by atoms with Crippen LogP contribution < -0.4 is 0 Å². The zero-order valence-corrected chi connectivity index (χ0v) is 15.4. The Kier molecular flexibility index (Phi) is 5.56. The Hall–Kier alpha value is -1.99. The first-order valence-electron chi connectivity index (χ1n) is 7.12. The van der Waals surface area contributed by atoms with Gasteiger partial charge in [0.1, 0.15) is 0 Å². The Bertz CT molecular complexity index is 876. The minimum absolute atomic E-state index is 0.101. The van der Waals surface area contributed by atoms with Gasteiger partial charge in [-0.2, -0.15) is 0 Å². The molecular weight excluding hydrogens is 394 g/mol. The van der Waals surface area contributed by atoms with Crippen molar-refractivity contribution in [3.05, 3.63) is 80.8 Å². The summed E-state index contributed by atoms with van der Waals surface area (Å²) in [5, 5.41) is 9.99. The Labute approximate surface area is 149 Å². The van der Waals surface area contributed by atoms with E-state index in [0.717, 1.165) is 5.56 Å². The summed E-state index contributed by atoms with van der Waals surface area (Å²) in [4.78, 5) is 10.6. The highest BCUT2D eigenvalue weighted by Crippen LogP contribution is 2.37. The van der Waals surface area contributed by atoms with E-state index in [1.807, 2.05) is 6.92 Å². The minimum Gasteiger partial charge on any atom is -0.258 e. The zero-order valence-electron chi connectivity index (χ0n) is 13.0. The molecule has 2 aromatic carbocycles. The molecule has 0 bridgehead atoms. The van der Waals surface area contributed by atoms with E-state index in [9.17, 15) is 18.5 Å². The number of sulfone groups is 1. The molecule has 5 nitrogen and oxygen atoms in total. The van der Waals surface area contributed by atoms with Crippen molar-refractivity contribution >= 4 is 31.5 Å². The van der Waals surface area contributed by atoms with Crippen LogP contribution in [0.2, 0.25) is 0 Å². The summed E-state index contributed by atoms with van der Waals surface area (Å²) in [6.07, 6.45) is 1.73. The Morgan fingerprint density at radius 2 is 1.88 bits per heavy atom. The Balaban J connectivity index is 2.55. The number of hydrogen-bond acceptors (Lipinski definition) is 4. The maximum absolute atomic E-state index is 13.0. The molecule has 0 aliphatic rings. The molecule has 0 N–H and O–H groups in total. The van der Waals surface area contributed by atoms with Gasteiger partial charge in [-0.3, -0.25) is 10.1 Å². The molecule has 0 amide bonds. The largest absolute Gasteiger partial charge is 0.270 e. The molecule has 7 heteroatoms. The average Bonchev–Trinajstić information content (AvgIpc) is 2.53. The van der Waals surface area contributed by atoms with Gasteiger partial charge < -0.3 is 0 Å². The first kappa shape index (κ1) is 18.4. The molecule has 0 spiro atoms. The van der Waals surface area contributed by atoms with Gasteiger partial charge in [0.05, 0.1) is 15.1 Å². The number of nitrogens with zero attached hydrogens (tertiary/aromatic N) is 1. The van der Waals surface area contributed by atoms with Gasteiger partial charge >= 0.3 is 0 Å². The van der Waals surface area contributed by atoms with E-state index in [-0.39, 0.29) is 17.0 Å². The van der Waals surface area contributed by atoms with Gasteiger partial charge in [-0.15, -0.1) is 6.58 Å². The number of non-ortho nitro benzene ring substituents is 1. The van der Waals surface area contributed by atoms with Crippen LogP contribution in [-0.2, 0) is 9.84 Å². The number of nitro benzene ring substituents is 1. The summed E-state index contributed by atoms with van der Waals surface area (Å²) >= 11 is 3.26. The van der Waals surface area contributed by atoms with Crippen LogP contribution in [-0.4, -0.2) is 13.3 Å². The lowest BCUT2D eigenvalue weighted by atomic mass is 10.1. The summed E-state index contributed by atoms with van der Waals surface area (Å²) in [5.41, 5.74) is 1.34. The van der Waals surface area contributed by atoms with Crippen LogP contribution in [0.3, 0.4) is 0 Å². The smallest absolute Gasteiger partial charge is 0.258 e. The van der Waals surface area contributed by atoms with E-state index in [2.05, 4.69) is 22.5 Å². The van der Waals surface area contributed by atoms with Gasteiger partial charge in [0.25, 0.3) is 5.69 Å². The van der Waals surface area contributed by atoms with Crippen molar-refractivity contribution in [3.8, 4) is 0 Å². The van der Waals surface area contributed by atoms with Gasteiger partial charge in [-0.1, -0.05) is 39.7 Å². The van der Waals surface area contributed by atoms with Crippen molar-refractivity contribution in [1.29, 1.82) is 0 Å². The highest BCUT2D eigenvalue weighted by molar-refractivity contribution is 9.10. The van der Waals surface area contributed by atoms with Gasteiger partial charge in [-0.25, -0.2) is 8.42 Å². The van der Waals surface area contributed by atoms with E-state index in [1.165, 1.54) is 24.3 Å². The van der Waals surface area contributed by atoms with E-state index >= 15 is 0 Å². The molecule has 2 rings (SSSR count). The molecule has 2 aromatic rings. The fourth-order valence-electron chi connectivity index (χ4n) is 2.36. The quantitative estimate of drug-likeness (QED) is 0.391. The predicted octanol–water partition coefficient (Wildman–Crippen LogP) is 4.76. The lowest BCUT2D eigenvalue weighted by Gasteiger charge is -2.18. The van der Waals surface area contributed by atoms with Crippen LogP contribution in [0.15, 0.2) is 64.5 Å². The van der Waals surface area contributed by atoms with Crippen molar-refractivity contribution in [2.24, 2.45) is 0 Å². The summed E-state index contributed by atoms with van der Waals surface area (Å²) in [6, 6.07) is 10.7. The molecule has 0 saturated carbocycles. The van der Waals surface area contributed by atoms with E-state index in [1.54, 1.807) is 24.3 Å². The second kappa shape index (κ2) is 7.27. The highest BCUT2D eigenvalue weighted by atomic mass is 79.9. The molecule has 0 unspecified atom stereocenters. The van der Waals surface area contributed by atoms with Crippen molar-refractivity contribution < 1.29 is 13.3 Å². The van der Waals surface area contributed by atoms with Crippen LogP contribution in [0.1, 0.15) is 22.8 Å². The first-order chi connectivity index (χ1) is 11.3. The number of rotatable bonds is 6. The lowest BCUT2D eigenvalue weighted by molar-refractivity contribution is -0.384. The van der Waals surface area contributed by atoms with Crippen LogP contribution in [0.25, 0.3) is 0 Å². The van der Waals surface area contributed by atoms with Crippen molar-refractivity contribution in [1.82, 2.24) is 0 Å². The number of benzene rings is 2. The summed E-state index contributed by atoms with van der Waals surface area (Å²) in [5.74, 6) is 0. The zero-order chi connectivity index (χ0) is 17.9. The third-order valence-corrected chi connectivity index (χ3v) is 6.46. The summed E-state index contributed by atoms with van der Waals surface area (Å²) in [6.45, 7) is 5.51. The van der Waals surface area contributed by atoms with Crippen LogP contribution in [0, 0.1) is 17.0 Å². The van der Waals surface area contributed by atoms with Crippen molar-refractivity contribution in [3.63, 3.8) is 0 Å². The maximum atomic E-state index is 13.0. The third kappa shape index (κ3) is 3.73. The van der Waals surface area contributed by atoms with Gasteiger partial charge in [0, 0.05) is 16.6 Å². The molecule has 0 saturated heterocycles. The number of allylic oxidation sites excluding steroid dienone is 1. The highest BCUT2D eigenvalue weighted by Gasteiger charge is 2.30. The van der Waals surface area contributed by atoms with Crippen LogP contribution >= 0.6 is 15.9 Å². The SMILES string of the molecule is C=CC[C@H](c1ccc([N+](=O)[O-])cc1Br)S(=O)(=O)c1ccc(C)cc1. The number of nitro groups is 1. The molecule has 0 aliphatic heterocycles. The Morgan fingerprint density at radius 1 is 1.25 bits per heavy atom. The molecule has 0 heterocycles. The van der Waals surface area contributed by atoms with Gasteiger partial charge in [0.2, 0.25) is 0 Å². The molecule has 0 fully saturated rings. The van der Waals surface area contributed by atoms with E-state index < -0.39 is 20.0 Å². The number of halogens is 1. The first-order valence-corrected chi connectivity index (χ1v) is 9.46. The molecular formula is C17H16BrNO4S. The fourth-order valence-corrected chi connectivity index (χ4v) is 4.92. The second-order valence-electron chi connectivity index (χ2n) is 5.33. The van der Waals surface area contributed by atoms with E-state index in [4.69, 9.17) is 0 Å². The average molecular weight is 410 g/mol. The lowest BCUT2D eigenvalue weighted by Crippen LogP contribution is -2.14. The summed E-state index contributed by atoms with van der Waals surface area (Å²) < 4.78 is 26.4. The van der Waals surface area contributed by atoms with Crippen molar-refractivity contribution in [2.45, 2.75) is 23.5 Å². The molecule has 0 radical (unpaired) electrons. The topological polar surface area (TPSA) is 77.3 Å². The maximum Gasteiger partial charge on any atom is 0.270 e. The molecule has 0 aliphatic carbocycles. The predicted molar refractivity (Wildman–Crippen MR) is 96.7 cm³/mol. The standard InChI is InChI=1S/C17H16BrNO4S/c1-3-4-17(15-10-7-13(19(20)21)11-16(15)18)24(22,23)14-8-5-12(2)6-9-14/h3,5-11,17H,1,4H2,2H3/t17-/m1/s1. The Morgan fingerprint density at radius 3 is 2.38 bits per heavy atom. The van der Waals surface area contributed by atoms with Crippen molar-refractivity contribution in [2.75, 3.05) is 0 Å². The van der Waals surface area contributed by atoms with Gasteiger partial charge in [0.15, 0.2) is 9.84 Å².